The van der Waals surface area contributed by atoms with E-state index < -0.39 is 5.97 Å². The molecular formula is C14H21NO2. The number of hydrogen-bond donors (Lipinski definition) is 1. The van der Waals surface area contributed by atoms with Crippen LogP contribution in [-0.2, 0) is 0 Å². The minimum absolute atomic E-state index is 0.355. The highest BCUT2D eigenvalue weighted by atomic mass is 16.4. The number of aromatic carboxylic acids is 1. The second-order valence-corrected chi connectivity index (χ2v) is 4.44. The maximum atomic E-state index is 10.9. The molecule has 0 fully saturated rings. The second-order valence-electron chi connectivity index (χ2n) is 4.44. The molecule has 0 saturated heterocycles. The molecule has 0 aliphatic rings. The molecule has 0 atom stereocenters. The molecule has 0 amide bonds. The lowest BCUT2D eigenvalue weighted by atomic mass is 10.1. The summed E-state index contributed by atoms with van der Waals surface area (Å²) in [4.78, 5) is 13.1. The first-order chi connectivity index (χ1) is 8.06. The average Bonchev–Trinajstić information content (AvgIpc) is 2.29. The standard InChI is InChI=1S/C14H21NO2/c1-4-5-6-9-15(3)13-10-12(14(16)17)8-7-11(13)2/h7-8,10H,4-6,9H2,1-3H3,(H,16,17). The molecule has 1 N–H and O–H groups in total. The van der Waals surface area contributed by atoms with Crippen molar-refractivity contribution in [3.8, 4) is 0 Å². The summed E-state index contributed by atoms with van der Waals surface area (Å²) in [6, 6.07) is 5.28. The van der Waals surface area contributed by atoms with Gasteiger partial charge in [0.2, 0.25) is 0 Å². The van der Waals surface area contributed by atoms with Crippen LogP contribution in [0.2, 0.25) is 0 Å². The monoisotopic (exact) mass is 235 g/mol. The summed E-state index contributed by atoms with van der Waals surface area (Å²) in [5, 5.41) is 8.98. The Morgan fingerprint density at radius 2 is 2.06 bits per heavy atom. The van der Waals surface area contributed by atoms with E-state index in [9.17, 15) is 4.79 Å². The molecule has 1 rings (SSSR count). The highest BCUT2D eigenvalue weighted by Gasteiger charge is 2.09. The summed E-state index contributed by atoms with van der Waals surface area (Å²) in [5.41, 5.74) is 2.49. The largest absolute Gasteiger partial charge is 0.478 e. The fourth-order valence-corrected chi connectivity index (χ4v) is 1.87. The van der Waals surface area contributed by atoms with E-state index in [-0.39, 0.29) is 0 Å². The first-order valence-electron chi connectivity index (χ1n) is 6.11. The zero-order valence-electron chi connectivity index (χ0n) is 10.9. The topological polar surface area (TPSA) is 40.5 Å². The maximum absolute atomic E-state index is 10.9. The molecule has 0 heterocycles. The maximum Gasteiger partial charge on any atom is 0.335 e. The van der Waals surface area contributed by atoms with Crippen molar-refractivity contribution in [1.29, 1.82) is 0 Å². The Labute approximate surface area is 103 Å². The second kappa shape index (κ2) is 6.28. The summed E-state index contributed by atoms with van der Waals surface area (Å²) in [6.07, 6.45) is 3.55. The molecule has 0 spiro atoms. The van der Waals surface area contributed by atoms with E-state index in [4.69, 9.17) is 5.11 Å². The third-order valence-corrected chi connectivity index (χ3v) is 2.96. The molecule has 17 heavy (non-hydrogen) atoms. The molecule has 1 aromatic carbocycles. The first-order valence-corrected chi connectivity index (χ1v) is 6.11. The summed E-state index contributed by atoms with van der Waals surface area (Å²) >= 11 is 0. The Morgan fingerprint density at radius 1 is 1.35 bits per heavy atom. The Hall–Kier alpha value is -1.51. The summed E-state index contributed by atoms with van der Waals surface area (Å²) in [5.74, 6) is -0.867. The van der Waals surface area contributed by atoms with Crippen LogP contribution < -0.4 is 4.90 Å². The van der Waals surface area contributed by atoms with Gasteiger partial charge in [-0.1, -0.05) is 25.8 Å². The minimum Gasteiger partial charge on any atom is -0.478 e. The highest BCUT2D eigenvalue weighted by molar-refractivity contribution is 5.89. The van der Waals surface area contributed by atoms with Crippen molar-refractivity contribution in [2.45, 2.75) is 33.1 Å². The number of nitrogens with zero attached hydrogens (tertiary/aromatic N) is 1. The molecule has 0 aromatic heterocycles. The molecule has 0 radical (unpaired) electrons. The van der Waals surface area contributed by atoms with E-state index in [1.54, 1.807) is 12.1 Å². The van der Waals surface area contributed by atoms with Crippen molar-refractivity contribution in [1.82, 2.24) is 0 Å². The summed E-state index contributed by atoms with van der Waals surface area (Å²) < 4.78 is 0. The minimum atomic E-state index is -0.867. The van der Waals surface area contributed by atoms with E-state index in [2.05, 4.69) is 11.8 Å². The van der Waals surface area contributed by atoms with Crippen LogP contribution in [0.15, 0.2) is 18.2 Å². The Balaban J connectivity index is 2.80. The zero-order valence-corrected chi connectivity index (χ0v) is 10.9. The Kier molecular flexibility index (Phi) is 5.01. The molecule has 0 saturated carbocycles. The van der Waals surface area contributed by atoms with Crippen LogP contribution in [-0.4, -0.2) is 24.7 Å². The molecule has 3 nitrogen and oxygen atoms in total. The van der Waals surface area contributed by atoms with Gasteiger partial charge in [0.05, 0.1) is 5.56 Å². The van der Waals surface area contributed by atoms with Crippen LogP contribution in [0.1, 0.15) is 42.1 Å². The number of hydrogen-bond acceptors (Lipinski definition) is 2. The van der Waals surface area contributed by atoms with Crippen LogP contribution in [0.3, 0.4) is 0 Å². The van der Waals surface area contributed by atoms with Gasteiger partial charge in [-0.05, 0) is 31.0 Å². The van der Waals surface area contributed by atoms with Gasteiger partial charge in [0.1, 0.15) is 0 Å². The number of aryl methyl sites for hydroxylation is 1. The van der Waals surface area contributed by atoms with Crippen molar-refractivity contribution in [2.24, 2.45) is 0 Å². The highest BCUT2D eigenvalue weighted by Crippen LogP contribution is 2.21. The molecule has 3 heteroatoms. The zero-order chi connectivity index (χ0) is 12.8. The smallest absolute Gasteiger partial charge is 0.335 e. The van der Waals surface area contributed by atoms with Crippen molar-refractivity contribution < 1.29 is 9.90 Å². The van der Waals surface area contributed by atoms with Crippen LogP contribution >= 0.6 is 0 Å². The SMILES string of the molecule is CCCCCN(C)c1cc(C(=O)O)ccc1C. The normalized spacial score (nSPS) is 10.3. The Morgan fingerprint density at radius 3 is 2.65 bits per heavy atom. The van der Waals surface area contributed by atoms with Gasteiger partial charge in [-0.25, -0.2) is 4.79 Å². The van der Waals surface area contributed by atoms with Crippen LogP contribution in [0.5, 0.6) is 0 Å². The van der Waals surface area contributed by atoms with Gasteiger partial charge in [-0.3, -0.25) is 0 Å². The van der Waals surface area contributed by atoms with Gasteiger partial charge in [-0.2, -0.15) is 0 Å². The lowest BCUT2D eigenvalue weighted by Crippen LogP contribution is -2.19. The van der Waals surface area contributed by atoms with Gasteiger partial charge < -0.3 is 10.0 Å². The van der Waals surface area contributed by atoms with Gasteiger partial charge in [0, 0.05) is 19.3 Å². The third kappa shape index (κ3) is 3.77. The van der Waals surface area contributed by atoms with Crippen molar-refractivity contribution in [3.05, 3.63) is 29.3 Å². The molecule has 0 bridgehead atoms. The number of rotatable bonds is 6. The predicted octanol–water partition coefficient (Wildman–Crippen LogP) is 3.32. The molecule has 0 aliphatic heterocycles. The van der Waals surface area contributed by atoms with Crippen molar-refractivity contribution in [3.63, 3.8) is 0 Å². The van der Waals surface area contributed by atoms with Crippen LogP contribution in [0.25, 0.3) is 0 Å². The van der Waals surface area contributed by atoms with Gasteiger partial charge in [0.15, 0.2) is 0 Å². The lowest BCUT2D eigenvalue weighted by molar-refractivity contribution is 0.0697. The predicted molar refractivity (Wildman–Crippen MR) is 70.9 cm³/mol. The van der Waals surface area contributed by atoms with Crippen LogP contribution in [0, 0.1) is 6.92 Å². The van der Waals surface area contributed by atoms with E-state index in [0.717, 1.165) is 24.2 Å². The summed E-state index contributed by atoms with van der Waals surface area (Å²) in [7, 11) is 2.02. The van der Waals surface area contributed by atoms with Crippen molar-refractivity contribution in [2.75, 3.05) is 18.5 Å². The lowest BCUT2D eigenvalue weighted by Gasteiger charge is -2.21. The van der Waals surface area contributed by atoms with Gasteiger partial charge in [-0.15, -0.1) is 0 Å². The number of carboxylic acids is 1. The molecular weight excluding hydrogens is 214 g/mol. The number of unbranched alkanes of at least 4 members (excludes halogenated alkanes) is 2. The molecule has 0 aliphatic carbocycles. The first kappa shape index (κ1) is 13.6. The fourth-order valence-electron chi connectivity index (χ4n) is 1.87. The number of anilines is 1. The number of benzene rings is 1. The quantitative estimate of drug-likeness (QED) is 0.769. The van der Waals surface area contributed by atoms with E-state index >= 15 is 0 Å². The van der Waals surface area contributed by atoms with E-state index in [1.165, 1.54) is 12.8 Å². The van der Waals surface area contributed by atoms with Gasteiger partial charge >= 0.3 is 5.97 Å². The van der Waals surface area contributed by atoms with Crippen molar-refractivity contribution >= 4 is 11.7 Å². The number of carboxylic acid groups (broad SMARTS) is 1. The van der Waals surface area contributed by atoms with Crippen LogP contribution in [0.4, 0.5) is 5.69 Å². The van der Waals surface area contributed by atoms with E-state index in [1.807, 2.05) is 20.0 Å². The average molecular weight is 235 g/mol. The number of carbonyl (C=O) groups is 1. The molecule has 1 aromatic rings. The Bertz CT molecular complexity index is 388. The summed E-state index contributed by atoms with van der Waals surface area (Å²) in [6.45, 7) is 5.16. The fraction of sp³-hybridized carbons (Fsp3) is 0.500. The molecule has 0 unspecified atom stereocenters. The molecule has 94 valence electrons. The third-order valence-electron chi connectivity index (χ3n) is 2.96. The van der Waals surface area contributed by atoms with Gasteiger partial charge in [0.25, 0.3) is 0 Å². The van der Waals surface area contributed by atoms with E-state index in [0.29, 0.717) is 5.56 Å².